The third kappa shape index (κ3) is 3.30. The van der Waals surface area contributed by atoms with Crippen LogP contribution in [0.3, 0.4) is 0 Å². The SMILES string of the molecule is OCc1cn(CC2CCN([C@@H]3CCSC3)CC2)nn1. The zero-order chi connectivity index (χ0) is 13.1. The van der Waals surface area contributed by atoms with Crippen LogP contribution in [0.25, 0.3) is 0 Å². The van der Waals surface area contributed by atoms with E-state index < -0.39 is 0 Å². The summed E-state index contributed by atoms with van der Waals surface area (Å²) in [5.41, 5.74) is 0.667. The maximum absolute atomic E-state index is 8.99. The minimum absolute atomic E-state index is 0.0161. The van der Waals surface area contributed by atoms with Crippen molar-refractivity contribution in [2.75, 3.05) is 24.6 Å². The lowest BCUT2D eigenvalue weighted by Gasteiger charge is -2.35. The van der Waals surface area contributed by atoms with Gasteiger partial charge in [0.25, 0.3) is 0 Å². The molecule has 0 spiro atoms. The predicted molar refractivity (Wildman–Crippen MR) is 76.0 cm³/mol. The summed E-state index contributed by atoms with van der Waals surface area (Å²) in [6.07, 6.45) is 5.75. The highest BCUT2D eigenvalue weighted by molar-refractivity contribution is 7.99. The number of thioether (sulfide) groups is 1. The highest BCUT2D eigenvalue weighted by Crippen LogP contribution is 2.27. The molecule has 2 aliphatic rings. The first-order valence-corrected chi connectivity index (χ1v) is 8.32. The van der Waals surface area contributed by atoms with Crippen LogP contribution >= 0.6 is 11.8 Å². The molecule has 0 saturated carbocycles. The van der Waals surface area contributed by atoms with Crippen LogP contribution in [0.5, 0.6) is 0 Å². The number of hydrogen-bond donors (Lipinski definition) is 1. The molecule has 1 aromatic rings. The topological polar surface area (TPSA) is 54.2 Å². The first-order valence-electron chi connectivity index (χ1n) is 7.17. The van der Waals surface area contributed by atoms with Gasteiger partial charge >= 0.3 is 0 Å². The second-order valence-electron chi connectivity index (χ2n) is 5.59. The van der Waals surface area contributed by atoms with E-state index in [0.717, 1.165) is 12.6 Å². The molecule has 0 bridgehead atoms. The predicted octanol–water partition coefficient (Wildman–Crippen LogP) is 0.988. The van der Waals surface area contributed by atoms with Crippen molar-refractivity contribution in [3.8, 4) is 0 Å². The summed E-state index contributed by atoms with van der Waals surface area (Å²) in [5.74, 6) is 3.37. The molecule has 3 heterocycles. The van der Waals surface area contributed by atoms with E-state index in [1.807, 2.05) is 10.9 Å². The molecule has 0 radical (unpaired) electrons. The number of aromatic nitrogens is 3. The first kappa shape index (κ1) is 13.4. The van der Waals surface area contributed by atoms with Gasteiger partial charge in [-0.1, -0.05) is 5.21 Å². The molecule has 1 atom stereocenters. The van der Waals surface area contributed by atoms with Gasteiger partial charge in [0.1, 0.15) is 5.69 Å². The minimum atomic E-state index is -0.0161. The average molecular weight is 282 g/mol. The van der Waals surface area contributed by atoms with Gasteiger partial charge in [-0.2, -0.15) is 11.8 Å². The molecule has 0 aromatic carbocycles. The van der Waals surface area contributed by atoms with E-state index in [0.29, 0.717) is 11.6 Å². The highest BCUT2D eigenvalue weighted by atomic mass is 32.2. The Morgan fingerprint density at radius 1 is 1.32 bits per heavy atom. The summed E-state index contributed by atoms with van der Waals surface area (Å²) < 4.78 is 1.89. The standard InChI is InChI=1S/C13H22N4OS/c18-9-12-8-17(15-14-12)7-11-1-4-16(5-2-11)13-3-6-19-10-13/h8,11,13,18H,1-7,9-10H2/t13-/m1/s1. The number of hydrogen-bond acceptors (Lipinski definition) is 5. The molecule has 2 fully saturated rings. The van der Waals surface area contributed by atoms with Gasteiger partial charge in [-0.15, -0.1) is 5.10 Å². The number of nitrogens with zero attached hydrogens (tertiary/aromatic N) is 4. The molecule has 19 heavy (non-hydrogen) atoms. The van der Waals surface area contributed by atoms with Crippen molar-refractivity contribution in [2.45, 2.75) is 38.5 Å². The number of aliphatic hydroxyl groups excluding tert-OH is 1. The van der Waals surface area contributed by atoms with E-state index in [2.05, 4.69) is 27.0 Å². The molecule has 0 aliphatic carbocycles. The molecule has 1 N–H and O–H groups in total. The van der Waals surface area contributed by atoms with E-state index in [1.54, 1.807) is 0 Å². The fourth-order valence-corrected chi connectivity index (χ4v) is 4.33. The van der Waals surface area contributed by atoms with Crippen LogP contribution in [0.4, 0.5) is 0 Å². The number of aliphatic hydroxyl groups is 1. The van der Waals surface area contributed by atoms with E-state index in [9.17, 15) is 0 Å². The quantitative estimate of drug-likeness (QED) is 0.892. The second kappa shape index (κ2) is 6.24. The number of piperidine rings is 1. The van der Waals surface area contributed by atoms with Crippen molar-refractivity contribution in [2.24, 2.45) is 5.92 Å². The Kier molecular flexibility index (Phi) is 4.40. The van der Waals surface area contributed by atoms with Crippen LogP contribution < -0.4 is 0 Å². The van der Waals surface area contributed by atoms with Gasteiger partial charge < -0.3 is 5.11 Å². The normalized spacial score (nSPS) is 26.1. The highest BCUT2D eigenvalue weighted by Gasteiger charge is 2.27. The first-order chi connectivity index (χ1) is 9.35. The van der Waals surface area contributed by atoms with Crippen molar-refractivity contribution < 1.29 is 5.11 Å². The monoisotopic (exact) mass is 282 g/mol. The van der Waals surface area contributed by atoms with Gasteiger partial charge in [-0.25, -0.2) is 0 Å². The van der Waals surface area contributed by atoms with E-state index in [1.165, 1.54) is 43.9 Å². The summed E-state index contributed by atoms with van der Waals surface area (Å²) in [6, 6.07) is 0.832. The van der Waals surface area contributed by atoms with Crippen molar-refractivity contribution in [1.29, 1.82) is 0 Å². The third-order valence-corrected chi connectivity index (χ3v) is 5.41. The average Bonchev–Trinajstić information content (AvgIpc) is 3.10. The Balaban J connectivity index is 1.47. The molecule has 2 saturated heterocycles. The van der Waals surface area contributed by atoms with Gasteiger partial charge in [0.05, 0.1) is 12.8 Å². The third-order valence-electron chi connectivity index (χ3n) is 4.26. The molecule has 5 nitrogen and oxygen atoms in total. The van der Waals surface area contributed by atoms with E-state index in [-0.39, 0.29) is 6.61 Å². The fraction of sp³-hybridized carbons (Fsp3) is 0.846. The number of rotatable bonds is 4. The molecule has 6 heteroatoms. The van der Waals surface area contributed by atoms with Gasteiger partial charge in [-0.3, -0.25) is 9.58 Å². The molecular weight excluding hydrogens is 260 g/mol. The van der Waals surface area contributed by atoms with Crippen LogP contribution in [-0.2, 0) is 13.2 Å². The largest absolute Gasteiger partial charge is 0.390 e. The molecular formula is C13H22N4OS. The molecule has 0 amide bonds. The number of likely N-dealkylation sites (tertiary alicyclic amines) is 1. The van der Waals surface area contributed by atoms with Crippen LogP contribution in [0.1, 0.15) is 25.0 Å². The van der Waals surface area contributed by atoms with Crippen LogP contribution in [-0.4, -0.2) is 55.6 Å². The molecule has 2 aliphatic heterocycles. The van der Waals surface area contributed by atoms with Gasteiger partial charge in [0.2, 0.25) is 0 Å². The lowest BCUT2D eigenvalue weighted by molar-refractivity contribution is 0.134. The minimum Gasteiger partial charge on any atom is -0.390 e. The lowest BCUT2D eigenvalue weighted by Crippen LogP contribution is -2.42. The fourth-order valence-electron chi connectivity index (χ4n) is 3.08. The Labute approximate surface area is 118 Å². The van der Waals surface area contributed by atoms with Gasteiger partial charge in [0, 0.05) is 18.3 Å². The van der Waals surface area contributed by atoms with Gasteiger partial charge in [0.15, 0.2) is 0 Å². The van der Waals surface area contributed by atoms with Crippen molar-refractivity contribution >= 4 is 11.8 Å². The van der Waals surface area contributed by atoms with Crippen LogP contribution in [0.15, 0.2) is 6.20 Å². The summed E-state index contributed by atoms with van der Waals surface area (Å²) in [4.78, 5) is 2.68. The van der Waals surface area contributed by atoms with Crippen LogP contribution in [0, 0.1) is 5.92 Å². The summed E-state index contributed by atoms with van der Waals surface area (Å²) >= 11 is 2.10. The summed E-state index contributed by atoms with van der Waals surface area (Å²) in [6.45, 7) is 3.40. The second-order valence-corrected chi connectivity index (χ2v) is 6.74. The Hall–Kier alpha value is -0.590. The summed E-state index contributed by atoms with van der Waals surface area (Å²) in [7, 11) is 0. The maximum Gasteiger partial charge on any atom is 0.108 e. The van der Waals surface area contributed by atoms with Crippen LogP contribution in [0.2, 0.25) is 0 Å². The van der Waals surface area contributed by atoms with E-state index in [4.69, 9.17) is 5.11 Å². The Morgan fingerprint density at radius 3 is 2.79 bits per heavy atom. The molecule has 106 valence electrons. The van der Waals surface area contributed by atoms with E-state index >= 15 is 0 Å². The van der Waals surface area contributed by atoms with Gasteiger partial charge in [-0.05, 0) is 44.0 Å². The zero-order valence-electron chi connectivity index (χ0n) is 11.2. The van der Waals surface area contributed by atoms with Crippen molar-refractivity contribution in [3.05, 3.63) is 11.9 Å². The Morgan fingerprint density at radius 2 is 2.16 bits per heavy atom. The Bertz CT molecular complexity index is 397. The maximum atomic E-state index is 8.99. The lowest BCUT2D eigenvalue weighted by atomic mass is 9.95. The van der Waals surface area contributed by atoms with Crippen molar-refractivity contribution in [1.82, 2.24) is 19.9 Å². The molecule has 1 aromatic heterocycles. The molecule has 0 unspecified atom stereocenters. The molecule has 3 rings (SSSR count). The van der Waals surface area contributed by atoms with Crippen molar-refractivity contribution in [3.63, 3.8) is 0 Å². The smallest absolute Gasteiger partial charge is 0.108 e. The summed E-state index contributed by atoms with van der Waals surface area (Å²) in [5, 5.41) is 17.0. The zero-order valence-corrected chi connectivity index (χ0v) is 12.1.